The van der Waals surface area contributed by atoms with Gasteiger partial charge in [0, 0.05) is 53.6 Å². The van der Waals surface area contributed by atoms with Crippen LogP contribution in [0.3, 0.4) is 0 Å². The number of rotatable bonds is 7. The van der Waals surface area contributed by atoms with E-state index in [-0.39, 0.29) is 23.1 Å². The van der Waals surface area contributed by atoms with E-state index < -0.39 is 0 Å². The van der Waals surface area contributed by atoms with E-state index >= 15 is 0 Å². The largest absolute Gasteiger partial charge is 0.496 e. The van der Waals surface area contributed by atoms with Crippen molar-refractivity contribution in [2.45, 2.75) is 49.7 Å². The molecule has 3 aliphatic rings. The van der Waals surface area contributed by atoms with Gasteiger partial charge in [0.25, 0.3) is 0 Å². The second kappa shape index (κ2) is 10.8. The Labute approximate surface area is 234 Å². The topological polar surface area (TPSA) is 144 Å². The number of aryl methyl sites for hydroxylation is 1. The molecule has 2 unspecified atom stereocenters. The van der Waals surface area contributed by atoms with E-state index in [9.17, 15) is 4.79 Å². The van der Waals surface area contributed by atoms with Crippen molar-refractivity contribution in [2.75, 3.05) is 49.5 Å². The predicted octanol–water partition coefficient (Wildman–Crippen LogP) is 2.44. The van der Waals surface area contributed by atoms with Crippen LogP contribution in [0.15, 0.2) is 17.4 Å². The molecule has 39 heavy (non-hydrogen) atoms. The summed E-state index contributed by atoms with van der Waals surface area (Å²) in [7, 11) is 1.67. The zero-order chi connectivity index (χ0) is 27.1. The first-order chi connectivity index (χ1) is 18.9. The fourth-order valence-corrected chi connectivity index (χ4v) is 7.29. The number of nitrogens with zero attached hydrogens (tertiary/aromatic N) is 6. The monoisotopic (exact) mass is 569 g/mol. The number of hydrazine groups is 1. The van der Waals surface area contributed by atoms with E-state index in [4.69, 9.17) is 15.2 Å². The summed E-state index contributed by atoms with van der Waals surface area (Å²) < 4.78 is 11.0. The van der Waals surface area contributed by atoms with Gasteiger partial charge < -0.3 is 20.5 Å². The Hall–Kier alpha value is -3.04. The van der Waals surface area contributed by atoms with E-state index in [1.165, 1.54) is 23.1 Å². The van der Waals surface area contributed by atoms with Crippen molar-refractivity contribution in [3.8, 4) is 5.75 Å². The van der Waals surface area contributed by atoms with Crippen LogP contribution >= 0.6 is 23.1 Å². The van der Waals surface area contributed by atoms with E-state index in [1.54, 1.807) is 7.11 Å². The summed E-state index contributed by atoms with van der Waals surface area (Å²) in [5, 5.41) is 5.94. The molecule has 14 heteroatoms. The third-order valence-corrected chi connectivity index (χ3v) is 9.27. The smallest absolute Gasteiger partial charge is 0.239 e. The number of hydrogen-bond donors (Lipinski definition) is 3. The lowest BCUT2D eigenvalue weighted by molar-refractivity contribution is -0.116. The molecule has 4 N–H and O–H groups in total. The zero-order valence-corrected chi connectivity index (χ0v) is 23.7. The number of hydrogen-bond acceptors (Lipinski definition) is 13. The van der Waals surface area contributed by atoms with Crippen LogP contribution in [0, 0.1) is 13.8 Å². The molecule has 0 bridgehead atoms. The van der Waals surface area contributed by atoms with Crippen molar-refractivity contribution in [3.63, 3.8) is 0 Å². The first-order valence-corrected chi connectivity index (χ1v) is 14.5. The average Bonchev–Trinajstić information content (AvgIpc) is 3.50. The molecule has 0 saturated carbocycles. The number of nitrogens with two attached hydrogens (primary N) is 1. The van der Waals surface area contributed by atoms with Crippen LogP contribution in [-0.2, 0) is 22.6 Å². The Bertz CT molecular complexity index is 1400. The molecule has 206 valence electrons. The molecule has 3 aromatic heterocycles. The number of pyridine rings is 1. The summed E-state index contributed by atoms with van der Waals surface area (Å²) in [6.07, 6.45) is 4.23. The summed E-state index contributed by atoms with van der Waals surface area (Å²) in [6, 6.07) is -0.117. The number of carbonyl (C=O) groups is 1. The maximum absolute atomic E-state index is 13.3. The minimum absolute atomic E-state index is 0.0994. The standard InChI is InChI=1S/C25H31N9O3S2/c1-13-9-27-17(14(2)20(13)36-3)12-34-21-19-16(32-34)8-18(39-23(19)31-24(26)29-21)22(35)30-25-28-10-15(38-25)11-33-4-6-37-7-5-33/h9-10,16,18,32H,4-8,11-12H2,1-3H3,(H2,26,29,31)(H,28,30,35). The van der Waals surface area contributed by atoms with Gasteiger partial charge >= 0.3 is 0 Å². The fourth-order valence-electron chi connectivity index (χ4n) is 5.20. The number of carbonyl (C=O) groups excluding carboxylic acids is 1. The molecule has 3 aromatic rings. The fraction of sp³-hybridized carbons (Fsp3) is 0.480. The third-order valence-electron chi connectivity index (χ3n) is 7.14. The minimum Gasteiger partial charge on any atom is -0.496 e. The highest BCUT2D eigenvalue weighted by Crippen LogP contribution is 2.47. The summed E-state index contributed by atoms with van der Waals surface area (Å²) in [5.74, 6) is 1.62. The molecule has 12 nitrogen and oxygen atoms in total. The van der Waals surface area contributed by atoms with E-state index in [1.807, 2.05) is 31.3 Å². The molecule has 0 aliphatic carbocycles. The van der Waals surface area contributed by atoms with Crippen molar-refractivity contribution in [3.05, 3.63) is 39.7 Å². The summed E-state index contributed by atoms with van der Waals surface area (Å²) >= 11 is 2.93. The zero-order valence-electron chi connectivity index (χ0n) is 22.1. The third kappa shape index (κ3) is 5.26. The summed E-state index contributed by atoms with van der Waals surface area (Å²) in [5.41, 5.74) is 13.4. The second-order valence-electron chi connectivity index (χ2n) is 9.79. The molecule has 6 heterocycles. The van der Waals surface area contributed by atoms with Crippen molar-refractivity contribution in [2.24, 2.45) is 0 Å². The van der Waals surface area contributed by atoms with Crippen LogP contribution in [0.4, 0.5) is 16.9 Å². The van der Waals surface area contributed by atoms with Crippen LogP contribution < -0.4 is 26.2 Å². The van der Waals surface area contributed by atoms with Gasteiger partial charge in [0.1, 0.15) is 10.8 Å². The Morgan fingerprint density at radius 2 is 2.05 bits per heavy atom. The van der Waals surface area contributed by atoms with Gasteiger partial charge in [-0.3, -0.25) is 19.7 Å². The first-order valence-electron chi connectivity index (χ1n) is 12.8. The molecule has 1 fully saturated rings. The van der Waals surface area contributed by atoms with Gasteiger partial charge in [0.15, 0.2) is 10.9 Å². The van der Waals surface area contributed by atoms with Crippen LogP contribution in [0.1, 0.15) is 39.7 Å². The van der Waals surface area contributed by atoms with Crippen LogP contribution in [0.2, 0.25) is 0 Å². The summed E-state index contributed by atoms with van der Waals surface area (Å²) in [6.45, 7) is 8.57. The lowest BCUT2D eigenvalue weighted by atomic mass is 10.0. The van der Waals surface area contributed by atoms with Crippen molar-refractivity contribution >= 4 is 45.9 Å². The number of morpholine rings is 1. The number of nitrogens with one attached hydrogen (secondary N) is 2. The second-order valence-corrected chi connectivity index (χ2v) is 12.1. The van der Waals surface area contributed by atoms with Gasteiger partial charge in [-0.1, -0.05) is 11.8 Å². The van der Waals surface area contributed by atoms with Crippen molar-refractivity contribution in [1.82, 2.24) is 30.3 Å². The average molecular weight is 570 g/mol. The Morgan fingerprint density at radius 1 is 1.23 bits per heavy atom. The SMILES string of the molecule is COc1c(C)cnc(CN2NC3CC(C(=O)Nc4ncc(CN5CCOCC5)s4)Sc4nc(N)nc2c43)c1C. The molecule has 1 amide bonds. The van der Waals surface area contributed by atoms with Gasteiger partial charge in [-0.05, 0) is 20.3 Å². The van der Waals surface area contributed by atoms with E-state index in [0.717, 1.165) is 76.7 Å². The lowest BCUT2D eigenvalue weighted by Crippen LogP contribution is -2.38. The molecule has 2 atom stereocenters. The molecular weight excluding hydrogens is 538 g/mol. The predicted molar refractivity (Wildman–Crippen MR) is 150 cm³/mol. The van der Waals surface area contributed by atoms with E-state index in [2.05, 4.69) is 35.6 Å². The van der Waals surface area contributed by atoms with Gasteiger partial charge in [-0.25, -0.2) is 15.4 Å². The molecule has 3 aliphatic heterocycles. The van der Waals surface area contributed by atoms with Gasteiger partial charge in [0.2, 0.25) is 11.9 Å². The molecule has 0 aromatic carbocycles. The van der Waals surface area contributed by atoms with Crippen LogP contribution in [0.25, 0.3) is 0 Å². The molecule has 0 radical (unpaired) electrons. The maximum atomic E-state index is 13.3. The Balaban J connectivity index is 1.16. The molecule has 1 saturated heterocycles. The van der Waals surface area contributed by atoms with Crippen molar-refractivity contribution in [1.29, 1.82) is 0 Å². The minimum atomic E-state index is -0.358. The highest BCUT2D eigenvalue weighted by Gasteiger charge is 2.42. The number of thiazole rings is 1. The number of thioether (sulfide) groups is 1. The number of amides is 1. The highest BCUT2D eigenvalue weighted by atomic mass is 32.2. The molecule has 6 rings (SSSR count). The van der Waals surface area contributed by atoms with Crippen LogP contribution in [0.5, 0.6) is 5.75 Å². The number of aromatic nitrogens is 4. The molecule has 0 spiro atoms. The van der Waals surface area contributed by atoms with E-state index in [0.29, 0.717) is 18.1 Å². The van der Waals surface area contributed by atoms with Crippen LogP contribution in [-0.4, -0.2) is 69.4 Å². The normalized spacial score (nSPS) is 20.6. The highest BCUT2D eigenvalue weighted by molar-refractivity contribution is 8.00. The van der Waals surface area contributed by atoms with Crippen molar-refractivity contribution < 1.29 is 14.3 Å². The number of nitrogen functional groups attached to an aromatic ring is 1. The van der Waals surface area contributed by atoms with Gasteiger partial charge in [-0.2, -0.15) is 4.98 Å². The van der Waals surface area contributed by atoms with Gasteiger partial charge in [0.05, 0.1) is 43.9 Å². The number of methoxy groups -OCH3 is 1. The maximum Gasteiger partial charge on any atom is 0.239 e. The Kier molecular flexibility index (Phi) is 7.29. The number of ether oxygens (including phenoxy) is 2. The Morgan fingerprint density at radius 3 is 2.85 bits per heavy atom. The van der Waals surface area contributed by atoms with Gasteiger partial charge in [-0.15, -0.1) is 11.3 Å². The lowest BCUT2D eigenvalue weighted by Gasteiger charge is -2.26. The quantitative estimate of drug-likeness (QED) is 0.360. The summed E-state index contributed by atoms with van der Waals surface area (Å²) in [4.78, 5) is 34.9. The number of anilines is 3. The molecular formula is C25H31N9O3S2. The first kappa shape index (κ1) is 26.2.